The van der Waals surface area contributed by atoms with Gasteiger partial charge in [0.15, 0.2) is 0 Å². The number of carbonyl (C=O) groups excluding carboxylic acids is 5. The lowest BCUT2D eigenvalue weighted by molar-refractivity contribution is -0.145. The van der Waals surface area contributed by atoms with Crippen molar-refractivity contribution in [2.24, 2.45) is 11.8 Å². The Morgan fingerprint density at radius 3 is 2.50 bits per heavy atom. The molecule has 0 radical (unpaired) electrons. The van der Waals surface area contributed by atoms with Crippen molar-refractivity contribution in [2.45, 2.75) is 69.5 Å². The summed E-state index contributed by atoms with van der Waals surface area (Å²) < 4.78 is 40.2. The van der Waals surface area contributed by atoms with Crippen LogP contribution in [0.15, 0.2) is 12.3 Å². The number of Topliss-reactive ketones (excluding diaryl/α,β-unsaturated/α-hetero) is 1. The van der Waals surface area contributed by atoms with Crippen molar-refractivity contribution in [3.63, 3.8) is 0 Å². The largest absolute Gasteiger partial charge is 0.353 e. The van der Waals surface area contributed by atoms with E-state index in [0.29, 0.717) is 6.42 Å². The number of nitrogens with zero attached hydrogens (tertiary/aromatic N) is 1. The van der Waals surface area contributed by atoms with Crippen LogP contribution in [0.3, 0.4) is 0 Å². The Labute approximate surface area is 204 Å². The van der Waals surface area contributed by atoms with Crippen LogP contribution >= 0.6 is 0 Å². The molecular weight excluding hydrogens is 483 g/mol. The number of alkyl halides is 2. The van der Waals surface area contributed by atoms with E-state index in [9.17, 15) is 37.1 Å². The van der Waals surface area contributed by atoms with E-state index in [0.717, 1.165) is 25.1 Å². The van der Waals surface area contributed by atoms with Crippen molar-refractivity contribution in [3.8, 4) is 0 Å². The van der Waals surface area contributed by atoms with E-state index >= 15 is 0 Å². The quantitative estimate of drug-likeness (QED) is 0.366. The molecule has 4 rings (SSSR count). The molecule has 13 heteroatoms. The van der Waals surface area contributed by atoms with E-state index in [1.54, 1.807) is 6.92 Å². The Morgan fingerprint density at radius 1 is 1.22 bits per heavy atom. The minimum absolute atomic E-state index is 0.124. The molecule has 3 fully saturated rings. The molecule has 3 atom stereocenters. The first kappa shape index (κ1) is 25.6. The molecule has 1 saturated heterocycles. The standard InChI is InChI=1S/C23H26F3N5O5/c1-10-4-11(19(33)28-10)5-16(17(32)22(36)29-14-2-3-14)30-21(35)15-6-13(24)9-27-18(15)31-20(34)12-7-23(25,26)8-12/h6,9-12,14,16H,2-5,7-8H2,1H3,(H,28,33)(H,29,36)(H,30,35)(H,27,31,34)/t10-,11+,16?/m1/s1. The summed E-state index contributed by atoms with van der Waals surface area (Å²) in [6.45, 7) is 1.78. The molecule has 1 aliphatic heterocycles. The average Bonchev–Trinajstić information content (AvgIpc) is 3.54. The van der Waals surface area contributed by atoms with Gasteiger partial charge in [-0.15, -0.1) is 0 Å². The van der Waals surface area contributed by atoms with Crippen LogP contribution in [0, 0.1) is 17.7 Å². The zero-order valence-electron chi connectivity index (χ0n) is 19.4. The summed E-state index contributed by atoms with van der Waals surface area (Å²) in [5, 5.41) is 9.89. The lowest BCUT2D eigenvalue weighted by Gasteiger charge is -2.33. The molecule has 1 unspecified atom stereocenters. The average molecular weight is 509 g/mol. The number of aromatic nitrogens is 1. The number of amides is 4. The van der Waals surface area contributed by atoms with E-state index in [2.05, 4.69) is 26.3 Å². The molecule has 0 spiro atoms. The van der Waals surface area contributed by atoms with Crippen molar-refractivity contribution in [1.82, 2.24) is 20.9 Å². The first-order chi connectivity index (χ1) is 16.9. The minimum atomic E-state index is -2.95. The highest BCUT2D eigenvalue weighted by molar-refractivity contribution is 6.38. The fourth-order valence-electron chi connectivity index (χ4n) is 4.33. The Kier molecular flexibility index (Phi) is 7.01. The summed E-state index contributed by atoms with van der Waals surface area (Å²) in [6, 6.07) is -0.916. The molecule has 4 N–H and O–H groups in total. The van der Waals surface area contributed by atoms with Gasteiger partial charge in [-0.05, 0) is 38.7 Å². The minimum Gasteiger partial charge on any atom is -0.353 e. The summed E-state index contributed by atoms with van der Waals surface area (Å²) in [5.74, 6) is -9.92. The Morgan fingerprint density at radius 2 is 1.92 bits per heavy atom. The van der Waals surface area contributed by atoms with E-state index in [-0.39, 0.29) is 30.2 Å². The van der Waals surface area contributed by atoms with Crippen molar-refractivity contribution in [1.29, 1.82) is 0 Å². The second-order valence-corrected chi connectivity index (χ2v) is 9.72. The molecule has 194 valence electrons. The number of hydrogen-bond donors (Lipinski definition) is 4. The van der Waals surface area contributed by atoms with Gasteiger partial charge >= 0.3 is 0 Å². The molecule has 2 saturated carbocycles. The Hall–Kier alpha value is -3.51. The SMILES string of the molecule is C[C@@H]1C[C@@H](CC(NC(=O)c2cc(F)cnc2NC(=O)C2CC(F)(F)C2)C(=O)C(=O)NC2CC2)C(=O)N1. The predicted octanol–water partition coefficient (Wildman–Crippen LogP) is 1.07. The maximum Gasteiger partial charge on any atom is 0.289 e. The van der Waals surface area contributed by atoms with Crippen LogP contribution in [0.25, 0.3) is 0 Å². The number of anilines is 1. The molecule has 1 aromatic heterocycles. The van der Waals surface area contributed by atoms with Gasteiger partial charge in [-0.1, -0.05) is 0 Å². The van der Waals surface area contributed by atoms with Crippen LogP contribution in [0.2, 0.25) is 0 Å². The molecule has 0 aromatic carbocycles. The number of carbonyl (C=O) groups is 5. The smallest absolute Gasteiger partial charge is 0.289 e. The lowest BCUT2D eigenvalue weighted by atomic mass is 9.81. The monoisotopic (exact) mass is 509 g/mol. The second-order valence-electron chi connectivity index (χ2n) is 9.72. The predicted molar refractivity (Wildman–Crippen MR) is 118 cm³/mol. The van der Waals surface area contributed by atoms with Gasteiger partial charge in [0, 0.05) is 36.8 Å². The topological polar surface area (TPSA) is 146 Å². The highest BCUT2D eigenvalue weighted by Gasteiger charge is 2.49. The molecule has 36 heavy (non-hydrogen) atoms. The van der Waals surface area contributed by atoms with E-state index < -0.39 is 71.5 Å². The van der Waals surface area contributed by atoms with Gasteiger partial charge in [0.2, 0.25) is 23.5 Å². The maximum atomic E-state index is 13.9. The third-order valence-electron chi connectivity index (χ3n) is 6.48. The molecule has 0 bridgehead atoms. The zero-order chi connectivity index (χ0) is 26.2. The van der Waals surface area contributed by atoms with Crippen molar-refractivity contribution >= 4 is 35.2 Å². The Balaban J connectivity index is 1.51. The molecular formula is C23H26F3N5O5. The van der Waals surface area contributed by atoms with Crippen LogP contribution in [0.4, 0.5) is 19.0 Å². The molecule has 2 heterocycles. The van der Waals surface area contributed by atoms with Crippen LogP contribution in [0.1, 0.15) is 55.8 Å². The second kappa shape index (κ2) is 9.86. The summed E-state index contributed by atoms with van der Waals surface area (Å²) in [7, 11) is 0. The molecule has 2 aliphatic carbocycles. The summed E-state index contributed by atoms with van der Waals surface area (Å²) in [5.41, 5.74) is -0.459. The maximum absolute atomic E-state index is 13.9. The highest BCUT2D eigenvalue weighted by atomic mass is 19.3. The van der Waals surface area contributed by atoms with Gasteiger partial charge in [-0.3, -0.25) is 24.0 Å². The zero-order valence-corrected chi connectivity index (χ0v) is 19.4. The van der Waals surface area contributed by atoms with Crippen LogP contribution in [0.5, 0.6) is 0 Å². The molecule has 3 aliphatic rings. The van der Waals surface area contributed by atoms with E-state index in [1.165, 1.54) is 0 Å². The van der Waals surface area contributed by atoms with E-state index in [4.69, 9.17) is 0 Å². The third kappa shape index (κ3) is 6.00. The van der Waals surface area contributed by atoms with Gasteiger partial charge < -0.3 is 21.3 Å². The Bertz CT molecular complexity index is 1100. The molecule has 10 nitrogen and oxygen atoms in total. The van der Waals surface area contributed by atoms with Gasteiger partial charge in [0.05, 0.1) is 17.8 Å². The van der Waals surface area contributed by atoms with E-state index in [1.807, 2.05) is 0 Å². The van der Waals surface area contributed by atoms with Gasteiger partial charge in [0.25, 0.3) is 11.8 Å². The normalized spacial score (nSPS) is 23.7. The molecule has 4 amide bonds. The van der Waals surface area contributed by atoms with Crippen molar-refractivity contribution in [3.05, 3.63) is 23.6 Å². The van der Waals surface area contributed by atoms with Crippen molar-refractivity contribution in [2.75, 3.05) is 5.32 Å². The number of halogens is 3. The third-order valence-corrected chi connectivity index (χ3v) is 6.48. The van der Waals surface area contributed by atoms with Crippen LogP contribution < -0.4 is 21.3 Å². The van der Waals surface area contributed by atoms with Gasteiger partial charge in [0.1, 0.15) is 11.6 Å². The fraction of sp³-hybridized carbons (Fsp3) is 0.565. The number of hydrogen-bond acceptors (Lipinski definition) is 6. The number of nitrogens with one attached hydrogen (secondary N) is 4. The number of ketones is 1. The van der Waals surface area contributed by atoms with Crippen molar-refractivity contribution < 1.29 is 37.1 Å². The highest BCUT2D eigenvalue weighted by Crippen LogP contribution is 2.42. The first-order valence-corrected chi connectivity index (χ1v) is 11.7. The first-order valence-electron chi connectivity index (χ1n) is 11.7. The van der Waals surface area contributed by atoms with Gasteiger partial charge in [-0.25, -0.2) is 18.2 Å². The van der Waals surface area contributed by atoms with Crippen LogP contribution in [-0.2, 0) is 19.2 Å². The number of rotatable bonds is 9. The van der Waals surface area contributed by atoms with Gasteiger partial charge in [-0.2, -0.15) is 0 Å². The summed E-state index contributed by atoms with van der Waals surface area (Å²) >= 11 is 0. The summed E-state index contributed by atoms with van der Waals surface area (Å²) in [6.07, 6.45) is 1.09. The fourth-order valence-corrected chi connectivity index (χ4v) is 4.33. The molecule has 1 aromatic rings. The number of pyridine rings is 1. The lowest BCUT2D eigenvalue weighted by Crippen LogP contribution is -2.49. The summed E-state index contributed by atoms with van der Waals surface area (Å²) in [4.78, 5) is 66.6. The van der Waals surface area contributed by atoms with Crippen LogP contribution in [-0.4, -0.2) is 58.4 Å².